The third-order valence-corrected chi connectivity index (χ3v) is 6.59. The van der Waals surface area contributed by atoms with Gasteiger partial charge in [-0.05, 0) is 55.2 Å². The van der Waals surface area contributed by atoms with Gasteiger partial charge in [-0.3, -0.25) is 9.59 Å². The number of anilines is 1. The molecule has 10 nitrogen and oxygen atoms in total. The van der Waals surface area contributed by atoms with E-state index in [-0.39, 0.29) is 18.0 Å². The summed E-state index contributed by atoms with van der Waals surface area (Å²) in [5.41, 5.74) is 3.39. The Kier molecular flexibility index (Phi) is 6.35. The normalized spacial score (nSPS) is 15.1. The van der Waals surface area contributed by atoms with Crippen LogP contribution in [0.2, 0.25) is 0 Å². The monoisotopic (exact) mass is 476 g/mol. The zero-order chi connectivity index (χ0) is 24.4. The Morgan fingerprint density at radius 2 is 1.74 bits per heavy atom. The SMILES string of the molecule is COc1ccc(-c2ccc(=O)n(CC(=O)N3CCN(c4cc5c(nn4)CCC5)CC3)n2)cc1OC. The van der Waals surface area contributed by atoms with E-state index in [1.165, 1.54) is 16.3 Å². The Bertz CT molecular complexity index is 1300. The lowest BCUT2D eigenvalue weighted by atomic mass is 10.1. The summed E-state index contributed by atoms with van der Waals surface area (Å²) < 4.78 is 11.9. The number of piperazine rings is 1. The van der Waals surface area contributed by atoms with E-state index in [0.717, 1.165) is 36.3 Å². The van der Waals surface area contributed by atoms with Gasteiger partial charge in [0.05, 0.1) is 25.6 Å². The van der Waals surface area contributed by atoms with Crippen molar-refractivity contribution < 1.29 is 14.3 Å². The molecule has 10 heteroatoms. The average molecular weight is 477 g/mol. The number of methoxy groups -OCH3 is 2. The zero-order valence-corrected chi connectivity index (χ0v) is 19.9. The van der Waals surface area contributed by atoms with Crippen LogP contribution in [-0.4, -0.2) is 71.2 Å². The zero-order valence-electron chi connectivity index (χ0n) is 19.9. The smallest absolute Gasteiger partial charge is 0.267 e. The number of carbonyl (C=O) groups is 1. The molecule has 1 amide bonds. The van der Waals surface area contributed by atoms with Crippen LogP contribution >= 0.6 is 0 Å². The highest BCUT2D eigenvalue weighted by Crippen LogP contribution is 2.31. The maximum Gasteiger partial charge on any atom is 0.267 e. The maximum atomic E-state index is 13.0. The number of carbonyl (C=O) groups excluding carboxylic acids is 1. The van der Waals surface area contributed by atoms with Gasteiger partial charge in [-0.15, -0.1) is 5.10 Å². The summed E-state index contributed by atoms with van der Waals surface area (Å²) in [6, 6.07) is 10.6. The lowest BCUT2D eigenvalue weighted by molar-refractivity contribution is -0.132. The Labute approximate surface area is 203 Å². The van der Waals surface area contributed by atoms with E-state index >= 15 is 0 Å². The van der Waals surface area contributed by atoms with Gasteiger partial charge >= 0.3 is 0 Å². The molecule has 1 fully saturated rings. The molecule has 1 aliphatic heterocycles. The number of ether oxygens (including phenoxy) is 2. The van der Waals surface area contributed by atoms with Crippen LogP contribution in [0.15, 0.2) is 41.2 Å². The highest BCUT2D eigenvalue weighted by atomic mass is 16.5. The Balaban J connectivity index is 1.25. The summed E-state index contributed by atoms with van der Waals surface area (Å²) in [5, 5.41) is 13.2. The number of rotatable bonds is 6. The Hall–Kier alpha value is -3.95. The fourth-order valence-electron chi connectivity index (χ4n) is 4.60. The van der Waals surface area contributed by atoms with Crippen LogP contribution in [0.1, 0.15) is 17.7 Å². The molecule has 0 spiro atoms. The summed E-state index contributed by atoms with van der Waals surface area (Å²) in [5.74, 6) is 1.90. The van der Waals surface area contributed by atoms with E-state index in [2.05, 4.69) is 26.3 Å². The first kappa shape index (κ1) is 22.8. The van der Waals surface area contributed by atoms with Crippen LogP contribution in [-0.2, 0) is 24.2 Å². The average Bonchev–Trinajstić information content (AvgIpc) is 3.37. The van der Waals surface area contributed by atoms with Gasteiger partial charge in [0.1, 0.15) is 6.54 Å². The van der Waals surface area contributed by atoms with Crippen molar-refractivity contribution >= 4 is 11.7 Å². The van der Waals surface area contributed by atoms with E-state index in [1.807, 2.05) is 6.07 Å². The molecule has 1 aliphatic carbocycles. The first-order valence-corrected chi connectivity index (χ1v) is 11.7. The molecule has 0 N–H and O–H groups in total. The molecule has 0 saturated carbocycles. The second kappa shape index (κ2) is 9.73. The van der Waals surface area contributed by atoms with Crippen LogP contribution < -0.4 is 19.9 Å². The molecular formula is C25H28N6O4. The van der Waals surface area contributed by atoms with E-state index in [4.69, 9.17) is 9.47 Å². The topological polar surface area (TPSA) is 103 Å². The van der Waals surface area contributed by atoms with Crippen molar-refractivity contribution in [3.05, 3.63) is 58.0 Å². The fraction of sp³-hybridized carbons (Fsp3) is 0.400. The molecule has 1 saturated heterocycles. The van der Waals surface area contributed by atoms with Gasteiger partial charge in [-0.25, -0.2) is 4.68 Å². The molecule has 35 heavy (non-hydrogen) atoms. The molecule has 3 heterocycles. The number of nitrogens with zero attached hydrogens (tertiary/aromatic N) is 6. The minimum Gasteiger partial charge on any atom is -0.493 e. The second-order valence-electron chi connectivity index (χ2n) is 8.68. The molecular weight excluding hydrogens is 448 g/mol. The Morgan fingerprint density at radius 3 is 2.51 bits per heavy atom. The number of hydrogen-bond acceptors (Lipinski definition) is 8. The fourth-order valence-corrected chi connectivity index (χ4v) is 4.60. The van der Waals surface area contributed by atoms with Crippen molar-refractivity contribution in [2.24, 2.45) is 0 Å². The van der Waals surface area contributed by atoms with Gasteiger partial charge in [-0.2, -0.15) is 10.2 Å². The molecule has 0 unspecified atom stereocenters. The number of hydrogen-bond donors (Lipinski definition) is 0. The third kappa shape index (κ3) is 4.68. The number of fused-ring (bicyclic) bond motifs is 1. The van der Waals surface area contributed by atoms with Crippen LogP contribution in [0, 0.1) is 0 Å². The van der Waals surface area contributed by atoms with Crippen molar-refractivity contribution in [1.29, 1.82) is 0 Å². The van der Waals surface area contributed by atoms with Gasteiger partial charge in [0, 0.05) is 37.8 Å². The molecule has 0 radical (unpaired) electrons. The molecule has 0 bridgehead atoms. The summed E-state index contributed by atoms with van der Waals surface area (Å²) >= 11 is 0. The van der Waals surface area contributed by atoms with Crippen LogP contribution in [0.3, 0.4) is 0 Å². The van der Waals surface area contributed by atoms with Gasteiger partial charge in [0.25, 0.3) is 5.56 Å². The number of aromatic nitrogens is 4. The number of amides is 1. The lowest BCUT2D eigenvalue weighted by Gasteiger charge is -2.35. The van der Waals surface area contributed by atoms with Gasteiger partial charge < -0.3 is 19.3 Å². The first-order valence-electron chi connectivity index (χ1n) is 11.7. The van der Waals surface area contributed by atoms with Crippen molar-refractivity contribution in [1.82, 2.24) is 24.9 Å². The minimum absolute atomic E-state index is 0.112. The van der Waals surface area contributed by atoms with Crippen LogP contribution in [0.4, 0.5) is 5.82 Å². The highest BCUT2D eigenvalue weighted by molar-refractivity contribution is 5.76. The molecule has 182 valence electrons. The van der Waals surface area contributed by atoms with Crippen LogP contribution in [0.5, 0.6) is 11.5 Å². The second-order valence-corrected chi connectivity index (χ2v) is 8.68. The predicted molar refractivity (Wildman–Crippen MR) is 130 cm³/mol. The highest BCUT2D eigenvalue weighted by Gasteiger charge is 2.24. The van der Waals surface area contributed by atoms with Crippen molar-refractivity contribution in [2.75, 3.05) is 45.3 Å². The van der Waals surface area contributed by atoms with Crippen molar-refractivity contribution in [2.45, 2.75) is 25.8 Å². The third-order valence-electron chi connectivity index (χ3n) is 6.59. The van der Waals surface area contributed by atoms with E-state index in [1.54, 1.807) is 37.3 Å². The van der Waals surface area contributed by atoms with E-state index in [0.29, 0.717) is 43.4 Å². The van der Waals surface area contributed by atoms with E-state index < -0.39 is 0 Å². The van der Waals surface area contributed by atoms with E-state index in [9.17, 15) is 9.59 Å². The predicted octanol–water partition coefficient (Wildman–Crippen LogP) is 1.55. The summed E-state index contributed by atoms with van der Waals surface area (Å²) in [4.78, 5) is 29.4. The summed E-state index contributed by atoms with van der Waals surface area (Å²) in [6.07, 6.45) is 3.20. The molecule has 2 aliphatic rings. The lowest BCUT2D eigenvalue weighted by Crippen LogP contribution is -2.50. The molecule has 5 rings (SSSR count). The number of benzene rings is 1. The molecule has 3 aromatic rings. The van der Waals surface area contributed by atoms with Gasteiger partial charge in [0.2, 0.25) is 5.91 Å². The van der Waals surface area contributed by atoms with Crippen molar-refractivity contribution in [3.63, 3.8) is 0 Å². The standard InChI is InChI=1S/C25H28N6O4/c1-34-21-8-6-18(14-22(21)35-2)20-7-9-24(32)31(28-20)16-25(33)30-12-10-29(11-13-30)23-15-17-4-3-5-19(17)26-27-23/h6-9,14-15H,3-5,10-13,16H2,1-2H3. The van der Waals surface area contributed by atoms with Gasteiger partial charge in [-0.1, -0.05) is 0 Å². The van der Waals surface area contributed by atoms with Gasteiger partial charge in [0.15, 0.2) is 17.3 Å². The quantitative estimate of drug-likeness (QED) is 0.528. The van der Waals surface area contributed by atoms with Crippen molar-refractivity contribution in [3.8, 4) is 22.8 Å². The summed E-state index contributed by atoms with van der Waals surface area (Å²) in [7, 11) is 3.13. The molecule has 0 atom stereocenters. The maximum absolute atomic E-state index is 13.0. The number of aryl methyl sites for hydroxylation is 2. The first-order chi connectivity index (χ1) is 17.1. The molecule has 2 aromatic heterocycles. The van der Waals surface area contributed by atoms with Crippen LogP contribution in [0.25, 0.3) is 11.3 Å². The minimum atomic E-state index is -0.324. The summed E-state index contributed by atoms with van der Waals surface area (Å²) in [6.45, 7) is 2.35. The largest absolute Gasteiger partial charge is 0.493 e. The molecule has 1 aromatic carbocycles. The Morgan fingerprint density at radius 1 is 0.943 bits per heavy atom.